The third-order valence-electron chi connectivity index (χ3n) is 2.52. The van der Waals surface area contributed by atoms with Crippen LogP contribution in [0.1, 0.15) is 41.7 Å². The van der Waals surface area contributed by atoms with Crippen LogP contribution in [0.2, 0.25) is 0 Å². The molecule has 0 fully saturated rings. The fraction of sp³-hybridized carbons (Fsp3) is 0.538. The number of carbonyl (C=O) groups is 1. The lowest BCUT2D eigenvalue weighted by molar-refractivity contribution is 0.0952. The summed E-state index contributed by atoms with van der Waals surface area (Å²) in [4.78, 5) is 15.8. The van der Waals surface area contributed by atoms with Gasteiger partial charge in [-0.15, -0.1) is 11.6 Å². The first-order valence-electron chi connectivity index (χ1n) is 6.01. The van der Waals surface area contributed by atoms with Gasteiger partial charge in [-0.1, -0.05) is 12.8 Å². The Kier molecular flexibility index (Phi) is 6.63. The highest BCUT2D eigenvalue weighted by Crippen LogP contribution is 2.01. The number of amides is 1. The molecular formula is C13H19ClN2O. The Morgan fingerprint density at radius 1 is 1.29 bits per heavy atom. The summed E-state index contributed by atoms with van der Waals surface area (Å²) in [5.74, 6) is 0.677. The Labute approximate surface area is 108 Å². The number of alkyl halides is 1. The van der Waals surface area contributed by atoms with Gasteiger partial charge in [-0.25, -0.2) is 0 Å². The molecule has 0 aromatic carbocycles. The SMILES string of the molecule is Cc1ccc(C(=O)NCCCCCCCl)cn1. The maximum absolute atomic E-state index is 11.7. The molecule has 94 valence electrons. The van der Waals surface area contributed by atoms with Gasteiger partial charge < -0.3 is 5.32 Å². The Hall–Kier alpha value is -1.09. The van der Waals surface area contributed by atoms with Crippen molar-refractivity contribution in [2.45, 2.75) is 32.6 Å². The standard InChI is InChI=1S/C13H19ClN2O/c1-11-6-7-12(10-16-11)13(17)15-9-5-3-2-4-8-14/h6-7,10H,2-5,8-9H2,1H3,(H,15,17). The fourth-order valence-corrected chi connectivity index (χ4v) is 1.67. The van der Waals surface area contributed by atoms with Crippen LogP contribution >= 0.6 is 11.6 Å². The predicted octanol–water partition coefficient (Wildman–Crippen LogP) is 2.92. The molecule has 0 spiro atoms. The molecule has 0 unspecified atom stereocenters. The minimum absolute atomic E-state index is 0.0464. The molecule has 0 saturated heterocycles. The van der Waals surface area contributed by atoms with Gasteiger partial charge >= 0.3 is 0 Å². The Morgan fingerprint density at radius 3 is 2.71 bits per heavy atom. The summed E-state index contributed by atoms with van der Waals surface area (Å²) < 4.78 is 0. The number of halogens is 1. The second kappa shape index (κ2) is 8.07. The summed E-state index contributed by atoms with van der Waals surface area (Å²) in [6, 6.07) is 3.64. The first kappa shape index (κ1) is 14.0. The van der Waals surface area contributed by atoms with Crippen LogP contribution in [0.25, 0.3) is 0 Å². The van der Waals surface area contributed by atoms with Gasteiger partial charge in [0.15, 0.2) is 0 Å². The Morgan fingerprint density at radius 2 is 2.06 bits per heavy atom. The van der Waals surface area contributed by atoms with E-state index in [-0.39, 0.29) is 5.91 Å². The number of hydrogen-bond acceptors (Lipinski definition) is 2. The molecule has 1 aromatic rings. The molecule has 3 nitrogen and oxygen atoms in total. The molecule has 0 radical (unpaired) electrons. The van der Waals surface area contributed by atoms with E-state index in [1.165, 1.54) is 0 Å². The van der Waals surface area contributed by atoms with E-state index in [2.05, 4.69) is 10.3 Å². The van der Waals surface area contributed by atoms with Gasteiger partial charge in [-0.05, 0) is 31.9 Å². The van der Waals surface area contributed by atoms with Crippen LogP contribution in [-0.4, -0.2) is 23.3 Å². The summed E-state index contributed by atoms with van der Waals surface area (Å²) in [7, 11) is 0. The van der Waals surface area contributed by atoms with Crippen molar-refractivity contribution >= 4 is 17.5 Å². The second-order valence-corrected chi connectivity index (χ2v) is 4.43. The van der Waals surface area contributed by atoms with Crippen LogP contribution in [0.3, 0.4) is 0 Å². The van der Waals surface area contributed by atoms with E-state index >= 15 is 0 Å². The number of aromatic nitrogens is 1. The minimum Gasteiger partial charge on any atom is -0.352 e. The number of pyridine rings is 1. The first-order chi connectivity index (χ1) is 8.24. The van der Waals surface area contributed by atoms with Gasteiger partial charge in [-0.2, -0.15) is 0 Å². The van der Waals surface area contributed by atoms with Crippen LogP contribution in [0.5, 0.6) is 0 Å². The van der Waals surface area contributed by atoms with Gasteiger partial charge in [0, 0.05) is 24.3 Å². The predicted molar refractivity (Wildman–Crippen MR) is 70.5 cm³/mol. The van der Waals surface area contributed by atoms with Crippen molar-refractivity contribution in [1.82, 2.24) is 10.3 Å². The number of carbonyl (C=O) groups excluding carboxylic acids is 1. The van der Waals surface area contributed by atoms with Crippen LogP contribution in [0, 0.1) is 6.92 Å². The lowest BCUT2D eigenvalue weighted by Gasteiger charge is -2.04. The van der Waals surface area contributed by atoms with Crippen molar-refractivity contribution in [1.29, 1.82) is 0 Å². The van der Waals surface area contributed by atoms with Crippen molar-refractivity contribution in [2.75, 3.05) is 12.4 Å². The van der Waals surface area contributed by atoms with Crippen molar-refractivity contribution in [3.63, 3.8) is 0 Å². The highest BCUT2D eigenvalue weighted by atomic mass is 35.5. The second-order valence-electron chi connectivity index (χ2n) is 4.05. The molecule has 4 heteroatoms. The summed E-state index contributed by atoms with van der Waals surface area (Å²) in [5.41, 5.74) is 1.54. The fourth-order valence-electron chi connectivity index (χ4n) is 1.48. The van der Waals surface area contributed by atoms with Crippen LogP contribution < -0.4 is 5.32 Å². The van der Waals surface area contributed by atoms with Crippen molar-refractivity contribution in [2.24, 2.45) is 0 Å². The topological polar surface area (TPSA) is 42.0 Å². The van der Waals surface area contributed by atoms with Gasteiger partial charge in [0.05, 0.1) is 5.56 Å². The van der Waals surface area contributed by atoms with E-state index in [9.17, 15) is 4.79 Å². The van der Waals surface area contributed by atoms with E-state index in [0.717, 1.165) is 43.8 Å². The first-order valence-corrected chi connectivity index (χ1v) is 6.54. The summed E-state index contributed by atoms with van der Waals surface area (Å²) in [6.07, 6.45) is 5.90. The van der Waals surface area contributed by atoms with Crippen LogP contribution in [-0.2, 0) is 0 Å². The molecular weight excluding hydrogens is 236 g/mol. The lowest BCUT2D eigenvalue weighted by Crippen LogP contribution is -2.24. The number of rotatable bonds is 7. The zero-order valence-corrected chi connectivity index (χ0v) is 11.0. The van der Waals surface area contributed by atoms with E-state index in [4.69, 9.17) is 11.6 Å². The van der Waals surface area contributed by atoms with Crippen molar-refractivity contribution in [3.05, 3.63) is 29.6 Å². The highest BCUT2D eigenvalue weighted by molar-refractivity contribution is 6.17. The number of unbranched alkanes of at least 4 members (excludes halogenated alkanes) is 3. The monoisotopic (exact) mass is 254 g/mol. The average molecular weight is 255 g/mol. The molecule has 1 rings (SSSR count). The largest absolute Gasteiger partial charge is 0.352 e. The van der Waals surface area contributed by atoms with Gasteiger partial charge in [0.1, 0.15) is 0 Å². The van der Waals surface area contributed by atoms with Crippen molar-refractivity contribution in [3.8, 4) is 0 Å². The van der Waals surface area contributed by atoms with Crippen molar-refractivity contribution < 1.29 is 4.79 Å². The number of nitrogens with zero attached hydrogens (tertiary/aromatic N) is 1. The Bertz CT molecular complexity index is 338. The number of nitrogens with one attached hydrogen (secondary N) is 1. The van der Waals surface area contributed by atoms with E-state index < -0.39 is 0 Å². The van der Waals surface area contributed by atoms with E-state index in [1.807, 2.05) is 13.0 Å². The zero-order valence-electron chi connectivity index (χ0n) is 10.2. The highest BCUT2D eigenvalue weighted by Gasteiger charge is 2.03. The number of hydrogen-bond donors (Lipinski definition) is 1. The molecule has 0 atom stereocenters. The van der Waals surface area contributed by atoms with Crippen LogP contribution in [0.4, 0.5) is 0 Å². The maximum atomic E-state index is 11.7. The zero-order chi connectivity index (χ0) is 12.5. The molecule has 0 saturated carbocycles. The summed E-state index contributed by atoms with van der Waals surface area (Å²) in [6.45, 7) is 2.62. The normalized spacial score (nSPS) is 10.2. The maximum Gasteiger partial charge on any atom is 0.252 e. The summed E-state index contributed by atoms with van der Waals surface area (Å²) >= 11 is 5.58. The number of aryl methyl sites for hydroxylation is 1. The molecule has 0 bridgehead atoms. The van der Waals surface area contributed by atoms with E-state index in [1.54, 1.807) is 12.3 Å². The molecule has 1 N–H and O–H groups in total. The third-order valence-corrected chi connectivity index (χ3v) is 2.79. The molecule has 17 heavy (non-hydrogen) atoms. The smallest absolute Gasteiger partial charge is 0.252 e. The Balaban J connectivity index is 2.19. The third kappa shape index (κ3) is 5.68. The van der Waals surface area contributed by atoms with Crippen LogP contribution in [0.15, 0.2) is 18.3 Å². The minimum atomic E-state index is -0.0464. The molecule has 1 heterocycles. The molecule has 0 aliphatic rings. The van der Waals surface area contributed by atoms with Gasteiger partial charge in [0.25, 0.3) is 5.91 Å². The molecule has 1 aromatic heterocycles. The van der Waals surface area contributed by atoms with Gasteiger partial charge in [0.2, 0.25) is 0 Å². The van der Waals surface area contributed by atoms with Gasteiger partial charge in [-0.3, -0.25) is 9.78 Å². The molecule has 1 amide bonds. The quantitative estimate of drug-likeness (QED) is 0.601. The lowest BCUT2D eigenvalue weighted by atomic mass is 10.2. The molecule has 0 aliphatic heterocycles. The summed E-state index contributed by atoms with van der Waals surface area (Å²) in [5, 5.41) is 2.88. The average Bonchev–Trinajstić information content (AvgIpc) is 2.34. The van der Waals surface area contributed by atoms with E-state index in [0.29, 0.717) is 5.56 Å². The molecule has 0 aliphatic carbocycles.